The van der Waals surface area contributed by atoms with Gasteiger partial charge in [0, 0.05) is 6.42 Å². The van der Waals surface area contributed by atoms with Gasteiger partial charge in [0.15, 0.2) is 0 Å². The number of phosphoric acid groups is 1. The van der Waals surface area contributed by atoms with Gasteiger partial charge >= 0.3 is 13.8 Å². The Bertz CT molecular complexity index is 1290. The monoisotopic (exact) mass is 873 g/mol. The summed E-state index contributed by atoms with van der Waals surface area (Å²) in [4.78, 5) is 21.7. The molecule has 61 heavy (non-hydrogen) atoms. The fourth-order valence-electron chi connectivity index (χ4n) is 6.15. The Morgan fingerprint density at radius 2 is 0.852 bits per heavy atom. The van der Waals surface area contributed by atoms with Gasteiger partial charge in [-0.2, -0.15) is 0 Å². The van der Waals surface area contributed by atoms with Crippen LogP contribution in [0.15, 0.2) is 97.2 Å². The van der Waals surface area contributed by atoms with E-state index in [4.69, 9.17) is 13.8 Å². The maximum Gasteiger partial charge on any atom is 0.472 e. The molecule has 0 spiro atoms. The molecule has 0 rings (SSSR count). The number of hydrogen-bond donors (Lipinski definition) is 2. The van der Waals surface area contributed by atoms with Crippen LogP contribution in [0.3, 0.4) is 0 Å². The van der Waals surface area contributed by atoms with Gasteiger partial charge in [-0.3, -0.25) is 13.8 Å². The first kappa shape index (κ1) is 58.4. The second-order valence-electron chi connectivity index (χ2n) is 17.0. The molecule has 0 aliphatic carbocycles. The fraction of sp³-hybridized carbons (Fsp3) is 0.673. The van der Waals surface area contributed by atoms with Gasteiger partial charge < -0.3 is 19.2 Å². The molecule has 0 aromatic carbocycles. The van der Waals surface area contributed by atoms with Gasteiger partial charge in [-0.15, -0.1) is 0 Å². The SMILES string of the molecule is CC/C=C\C/C=C\C/C=C\C/C=C\C/C=C\C/C=C\C/C=C\C/C=C\CCCCCCCCCCCCCCCCCCC(=O)OCC(O)COP(=O)(O)OCC[N+](C)(C)C. The molecule has 8 nitrogen and oxygen atoms in total. The Hall–Kier alpha value is -2.58. The molecule has 0 aromatic heterocycles. The molecule has 2 N–H and O–H groups in total. The molecule has 0 radical (unpaired) electrons. The maximum atomic E-state index is 12.0. The highest BCUT2D eigenvalue weighted by atomic mass is 31.2. The molecule has 350 valence electrons. The number of quaternary nitrogens is 1. The zero-order valence-corrected chi connectivity index (χ0v) is 40.3. The Labute approximate surface area is 374 Å². The third-order valence-electron chi connectivity index (χ3n) is 9.86. The number of aliphatic hydroxyl groups excluding tert-OH is 1. The highest BCUT2D eigenvalue weighted by Crippen LogP contribution is 2.43. The molecule has 0 heterocycles. The number of unbranched alkanes of at least 4 members (excludes halogenated alkanes) is 16. The highest BCUT2D eigenvalue weighted by molar-refractivity contribution is 7.47. The second-order valence-corrected chi connectivity index (χ2v) is 18.4. The topological polar surface area (TPSA) is 102 Å². The smallest absolute Gasteiger partial charge is 0.463 e. The van der Waals surface area contributed by atoms with Crippen molar-refractivity contribution >= 4 is 13.8 Å². The van der Waals surface area contributed by atoms with Crippen molar-refractivity contribution in [3.05, 3.63) is 97.2 Å². The second kappa shape index (κ2) is 44.0. The van der Waals surface area contributed by atoms with Crippen molar-refractivity contribution in [2.75, 3.05) is 47.5 Å². The standard InChI is InChI=1S/C52H90NO7P/c1-5-6-7-8-9-10-11-12-13-14-15-16-17-18-19-20-21-22-23-24-25-26-27-28-29-30-31-32-33-34-35-36-37-38-39-40-41-42-43-44-45-46-52(55)58-49-51(54)50-60-61(56,57)59-48-47-53(2,3)4/h6-7,9-10,12-13,15-16,18-19,21-22,24-25,27-28,51,54H,5,8,11,14,17,20,23,26,29-50H2,1-4H3/p+1/b7-6-,10-9-,13-12-,16-15-,19-18-,22-21-,25-24-,28-27-. The summed E-state index contributed by atoms with van der Waals surface area (Å²) in [6.45, 7) is 2.02. The summed E-state index contributed by atoms with van der Waals surface area (Å²) >= 11 is 0. The number of esters is 1. The molecule has 0 saturated heterocycles. The van der Waals surface area contributed by atoms with Crippen LogP contribution in [0.4, 0.5) is 0 Å². The molecule has 0 aliphatic heterocycles. The molecule has 0 aromatic rings. The predicted octanol–water partition coefficient (Wildman–Crippen LogP) is 14.3. The Balaban J connectivity index is 3.46. The number of aliphatic hydroxyl groups is 1. The van der Waals surface area contributed by atoms with Crippen molar-refractivity contribution in [1.82, 2.24) is 0 Å². The molecule has 9 heteroatoms. The zero-order chi connectivity index (χ0) is 44.8. The Morgan fingerprint density at radius 3 is 1.23 bits per heavy atom. The molecule has 2 unspecified atom stereocenters. The number of hydrogen-bond acceptors (Lipinski definition) is 6. The minimum Gasteiger partial charge on any atom is -0.463 e. The lowest BCUT2D eigenvalue weighted by atomic mass is 10.0. The van der Waals surface area contributed by atoms with Crippen molar-refractivity contribution in [2.24, 2.45) is 0 Å². The number of likely N-dealkylation sites (N-methyl/N-ethyl adjacent to an activating group) is 1. The molecule has 0 aliphatic rings. The summed E-state index contributed by atoms with van der Waals surface area (Å²) in [6.07, 6.45) is 64.7. The van der Waals surface area contributed by atoms with E-state index in [1.165, 1.54) is 89.9 Å². The number of phosphoric ester groups is 1. The van der Waals surface area contributed by atoms with Crippen LogP contribution < -0.4 is 0 Å². The van der Waals surface area contributed by atoms with Crippen LogP contribution >= 0.6 is 7.82 Å². The van der Waals surface area contributed by atoms with Crippen LogP contribution in [0.2, 0.25) is 0 Å². The molecule has 2 atom stereocenters. The molecule has 0 bridgehead atoms. The lowest BCUT2D eigenvalue weighted by molar-refractivity contribution is -0.870. The van der Waals surface area contributed by atoms with E-state index in [1.54, 1.807) is 0 Å². The minimum absolute atomic E-state index is 0.0519. The van der Waals surface area contributed by atoms with E-state index >= 15 is 0 Å². The van der Waals surface area contributed by atoms with E-state index in [1.807, 2.05) is 21.1 Å². The van der Waals surface area contributed by atoms with Gasteiger partial charge in [0.1, 0.15) is 25.9 Å². The number of ether oxygens (including phenoxy) is 1. The quantitative estimate of drug-likeness (QED) is 0.0207. The zero-order valence-electron chi connectivity index (χ0n) is 39.4. The van der Waals surface area contributed by atoms with E-state index in [-0.39, 0.29) is 19.2 Å². The molecule has 0 saturated carbocycles. The summed E-state index contributed by atoms with van der Waals surface area (Å²) in [5, 5.41) is 9.93. The Morgan fingerprint density at radius 1 is 0.508 bits per heavy atom. The number of carbonyl (C=O) groups excluding carboxylic acids is 1. The van der Waals surface area contributed by atoms with Gasteiger partial charge in [0.2, 0.25) is 0 Å². The third-order valence-corrected chi connectivity index (χ3v) is 10.8. The van der Waals surface area contributed by atoms with E-state index in [2.05, 4.69) is 104 Å². The first-order valence-corrected chi connectivity index (χ1v) is 25.5. The van der Waals surface area contributed by atoms with Gasteiger partial charge in [-0.25, -0.2) is 4.57 Å². The number of allylic oxidation sites excluding steroid dienone is 16. The van der Waals surface area contributed by atoms with Crippen LogP contribution in [-0.4, -0.2) is 74.1 Å². The summed E-state index contributed by atoms with van der Waals surface area (Å²) in [6, 6.07) is 0. The molecular weight excluding hydrogens is 782 g/mol. The largest absolute Gasteiger partial charge is 0.472 e. The first-order chi connectivity index (χ1) is 29.6. The first-order valence-electron chi connectivity index (χ1n) is 24.0. The normalized spacial score (nSPS) is 14.5. The van der Waals surface area contributed by atoms with E-state index < -0.39 is 20.5 Å². The van der Waals surface area contributed by atoms with Gasteiger partial charge in [0.25, 0.3) is 0 Å². The van der Waals surface area contributed by atoms with Gasteiger partial charge in [-0.1, -0.05) is 194 Å². The predicted molar refractivity (Wildman–Crippen MR) is 260 cm³/mol. The number of rotatable bonds is 43. The lowest BCUT2D eigenvalue weighted by Gasteiger charge is -2.24. The van der Waals surface area contributed by atoms with Crippen LogP contribution in [0.25, 0.3) is 0 Å². The van der Waals surface area contributed by atoms with E-state index in [0.29, 0.717) is 17.4 Å². The van der Waals surface area contributed by atoms with Crippen molar-refractivity contribution in [3.8, 4) is 0 Å². The average molecular weight is 873 g/mol. The van der Waals surface area contributed by atoms with Crippen molar-refractivity contribution < 1.29 is 37.6 Å². The minimum atomic E-state index is -4.26. The maximum absolute atomic E-state index is 12.0. The average Bonchev–Trinajstić information content (AvgIpc) is 3.22. The number of carbonyl (C=O) groups is 1. The van der Waals surface area contributed by atoms with Crippen molar-refractivity contribution in [1.29, 1.82) is 0 Å². The summed E-state index contributed by atoms with van der Waals surface area (Å²) < 4.78 is 27.3. The van der Waals surface area contributed by atoms with Crippen LogP contribution in [-0.2, 0) is 23.1 Å². The van der Waals surface area contributed by atoms with Crippen LogP contribution in [0.1, 0.15) is 174 Å². The van der Waals surface area contributed by atoms with Crippen molar-refractivity contribution in [2.45, 2.75) is 180 Å². The van der Waals surface area contributed by atoms with Crippen LogP contribution in [0.5, 0.6) is 0 Å². The number of nitrogens with zero attached hydrogens (tertiary/aromatic N) is 1. The Kier molecular flexibility index (Phi) is 42.2. The van der Waals surface area contributed by atoms with Gasteiger partial charge in [-0.05, 0) is 70.6 Å². The van der Waals surface area contributed by atoms with Crippen molar-refractivity contribution in [3.63, 3.8) is 0 Å². The summed E-state index contributed by atoms with van der Waals surface area (Å²) in [7, 11) is 1.56. The fourth-order valence-corrected chi connectivity index (χ4v) is 6.89. The van der Waals surface area contributed by atoms with E-state index in [0.717, 1.165) is 70.6 Å². The van der Waals surface area contributed by atoms with Gasteiger partial charge in [0.05, 0.1) is 27.7 Å². The summed E-state index contributed by atoms with van der Waals surface area (Å²) in [5.74, 6) is -0.373. The molecule has 0 fully saturated rings. The molecular formula is C52H91NO7P+. The lowest BCUT2D eigenvalue weighted by Crippen LogP contribution is -2.37. The molecule has 0 amide bonds. The van der Waals surface area contributed by atoms with E-state index in [9.17, 15) is 19.4 Å². The highest BCUT2D eigenvalue weighted by Gasteiger charge is 2.24. The third kappa shape index (κ3) is 49.9. The van der Waals surface area contributed by atoms with Crippen LogP contribution in [0, 0.1) is 0 Å². The summed E-state index contributed by atoms with van der Waals surface area (Å²) in [5.41, 5.74) is 0.